The minimum absolute atomic E-state index is 0. The van der Waals surface area contributed by atoms with E-state index in [2.05, 4.69) is 53.5 Å². The van der Waals surface area contributed by atoms with Crippen molar-refractivity contribution >= 4 is 41.3 Å². The van der Waals surface area contributed by atoms with Crippen LogP contribution in [-0.2, 0) is 11.3 Å². The first-order valence-corrected chi connectivity index (χ1v) is 9.06. The first kappa shape index (κ1) is 21.6. The van der Waals surface area contributed by atoms with Gasteiger partial charge in [0.2, 0.25) is 0 Å². The third-order valence-electron chi connectivity index (χ3n) is 4.34. The lowest BCUT2D eigenvalue weighted by molar-refractivity contribution is -0.00501. The summed E-state index contributed by atoms with van der Waals surface area (Å²) >= 11 is 1.70. The molecule has 0 aromatic carbocycles. The molecule has 0 unspecified atom stereocenters. The van der Waals surface area contributed by atoms with Crippen LogP contribution in [0.25, 0.3) is 0 Å². The van der Waals surface area contributed by atoms with E-state index in [1.54, 1.807) is 11.3 Å². The Labute approximate surface area is 166 Å². The van der Waals surface area contributed by atoms with Gasteiger partial charge in [-0.25, -0.2) is 9.98 Å². The lowest BCUT2D eigenvalue weighted by Gasteiger charge is -2.43. The average Bonchev–Trinajstić information content (AvgIpc) is 2.96. The molecule has 1 aliphatic heterocycles. The first-order valence-electron chi connectivity index (χ1n) is 8.24. The first-order chi connectivity index (χ1) is 11.1. The molecule has 2 heterocycles. The van der Waals surface area contributed by atoms with Crippen molar-refractivity contribution in [2.45, 2.75) is 38.8 Å². The predicted molar refractivity (Wildman–Crippen MR) is 112 cm³/mol. The van der Waals surface area contributed by atoms with Gasteiger partial charge in [-0.15, -0.1) is 35.3 Å². The van der Waals surface area contributed by atoms with Crippen LogP contribution in [0.3, 0.4) is 0 Å². The second-order valence-corrected chi connectivity index (χ2v) is 7.46. The standard InChI is InChI=1S/C16H29N5OS.HI/c1-5-17-15(19-11-14-18-10-13(2)23-14)20-12-16(21(3)4)6-8-22-9-7-16;/h10H,5-9,11-12H2,1-4H3,(H2,17,19,20);1H. The van der Waals surface area contributed by atoms with Gasteiger partial charge in [-0.3, -0.25) is 0 Å². The van der Waals surface area contributed by atoms with Gasteiger partial charge in [-0.2, -0.15) is 0 Å². The van der Waals surface area contributed by atoms with Crippen molar-refractivity contribution in [1.82, 2.24) is 20.5 Å². The van der Waals surface area contributed by atoms with E-state index in [9.17, 15) is 0 Å². The zero-order chi connectivity index (χ0) is 16.7. The van der Waals surface area contributed by atoms with Crippen molar-refractivity contribution in [3.8, 4) is 0 Å². The van der Waals surface area contributed by atoms with Crippen molar-refractivity contribution in [2.75, 3.05) is 40.4 Å². The zero-order valence-electron chi connectivity index (χ0n) is 15.1. The Morgan fingerprint density at radius 1 is 1.38 bits per heavy atom. The van der Waals surface area contributed by atoms with Gasteiger partial charge < -0.3 is 20.3 Å². The maximum atomic E-state index is 5.53. The molecule has 0 spiro atoms. The van der Waals surface area contributed by atoms with E-state index >= 15 is 0 Å². The number of hydrogen-bond acceptors (Lipinski definition) is 5. The van der Waals surface area contributed by atoms with Gasteiger partial charge in [-0.1, -0.05) is 0 Å². The molecule has 1 aromatic heterocycles. The summed E-state index contributed by atoms with van der Waals surface area (Å²) in [4.78, 5) is 12.6. The highest BCUT2D eigenvalue weighted by Gasteiger charge is 2.34. The Kier molecular flexibility index (Phi) is 9.47. The highest BCUT2D eigenvalue weighted by molar-refractivity contribution is 14.0. The van der Waals surface area contributed by atoms with Crippen LogP contribution < -0.4 is 10.6 Å². The molecule has 0 radical (unpaired) electrons. The van der Waals surface area contributed by atoms with Crippen LogP contribution in [0.4, 0.5) is 0 Å². The number of nitrogens with zero attached hydrogens (tertiary/aromatic N) is 3. The van der Waals surface area contributed by atoms with Crippen LogP contribution >= 0.6 is 35.3 Å². The molecule has 1 aromatic rings. The Bertz CT molecular complexity index is 514. The molecule has 0 amide bonds. The summed E-state index contributed by atoms with van der Waals surface area (Å²) in [6.45, 7) is 8.14. The Morgan fingerprint density at radius 3 is 2.62 bits per heavy atom. The van der Waals surface area contributed by atoms with E-state index in [1.807, 2.05) is 6.20 Å². The smallest absolute Gasteiger partial charge is 0.191 e. The molecule has 138 valence electrons. The van der Waals surface area contributed by atoms with E-state index in [-0.39, 0.29) is 29.5 Å². The molecule has 6 nitrogen and oxygen atoms in total. The molecule has 1 fully saturated rings. The van der Waals surface area contributed by atoms with Crippen LogP contribution in [0.5, 0.6) is 0 Å². The fourth-order valence-electron chi connectivity index (χ4n) is 2.74. The number of guanidine groups is 1. The monoisotopic (exact) mass is 467 g/mol. The fourth-order valence-corrected chi connectivity index (χ4v) is 3.46. The predicted octanol–water partition coefficient (Wildman–Crippen LogP) is 2.24. The number of rotatable bonds is 6. The van der Waals surface area contributed by atoms with E-state index in [1.165, 1.54) is 4.88 Å². The molecule has 0 saturated carbocycles. The van der Waals surface area contributed by atoms with Crippen molar-refractivity contribution in [2.24, 2.45) is 4.99 Å². The lowest BCUT2D eigenvalue weighted by Crippen LogP contribution is -2.57. The van der Waals surface area contributed by atoms with Crippen molar-refractivity contribution < 1.29 is 4.74 Å². The third-order valence-corrected chi connectivity index (χ3v) is 5.24. The molecule has 1 aliphatic rings. The van der Waals surface area contributed by atoms with Crippen molar-refractivity contribution in [3.05, 3.63) is 16.1 Å². The Morgan fingerprint density at radius 2 is 2.08 bits per heavy atom. The minimum Gasteiger partial charge on any atom is -0.381 e. The van der Waals surface area contributed by atoms with Gasteiger partial charge in [0.05, 0.1) is 6.54 Å². The number of aromatic nitrogens is 1. The number of ether oxygens (including phenoxy) is 1. The number of halogens is 1. The minimum atomic E-state index is 0. The summed E-state index contributed by atoms with van der Waals surface area (Å²) in [6.07, 6.45) is 3.98. The fraction of sp³-hybridized carbons (Fsp3) is 0.750. The summed E-state index contributed by atoms with van der Waals surface area (Å²) in [5.41, 5.74) is 0.131. The van der Waals surface area contributed by atoms with Gasteiger partial charge in [0.1, 0.15) is 5.01 Å². The van der Waals surface area contributed by atoms with Gasteiger partial charge >= 0.3 is 0 Å². The van der Waals surface area contributed by atoms with Gasteiger partial charge in [0.15, 0.2) is 5.96 Å². The molecule has 1 saturated heterocycles. The van der Waals surface area contributed by atoms with E-state index < -0.39 is 0 Å². The van der Waals surface area contributed by atoms with Gasteiger partial charge in [0, 0.05) is 42.9 Å². The van der Waals surface area contributed by atoms with Crippen molar-refractivity contribution in [3.63, 3.8) is 0 Å². The number of thiazole rings is 1. The normalized spacial score (nSPS) is 17.5. The molecule has 8 heteroatoms. The number of aryl methyl sites for hydroxylation is 1. The highest BCUT2D eigenvalue weighted by Crippen LogP contribution is 2.25. The van der Waals surface area contributed by atoms with Crippen LogP contribution in [-0.4, -0.2) is 61.8 Å². The average molecular weight is 467 g/mol. The highest BCUT2D eigenvalue weighted by atomic mass is 127. The number of likely N-dealkylation sites (N-methyl/N-ethyl adjacent to an activating group) is 1. The molecule has 2 rings (SSSR count). The van der Waals surface area contributed by atoms with Gasteiger partial charge in [0.25, 0.3) is 0 Å². The molecule has 0 aliphatic carbocycles. The molecular formula is C16H30IN5OS. The quantitative estimate of drug-likeness (QED) is 0.382. The molecule has 0 atom stereocenters. The van der Waals surface area contributed by atoms with E-state index in [4.69, 9.17) is 4.74 Å². The largest absolute Gasteiger partial charge is 0.381 e. The van der Waals surface area contributed by atoms with Crippen LogP contribution in [0.15, 0.2) is 11.2 Å². The van der Waals surface area contributed by atoms with Crippen LogP contribution in [0.2, 0.25) is 0 Å². The van der Waals surface area contributed by atoms with Crippen molar-refractivity contribution in [1.29, 1.82) is 0 Å². The summed E-state index contributed by atoms with van der Waals surface area (Å²) in [5, 5.41) is 7.88. The second kappa shape index (κ2) is 10.5. The summed E-state index contributed by atoms with van der Waals surface area (Å²) in [6, 6.07) is 0. The number of nitrogens with one attached hydrogen (secondary N) is 2. The second-order valence-electron chi connectivity index (χ2n) is 6.14. The summed E-state index contributed by atoms with van der Waals surface area (Å²) < 4.78 is 5.53. The molecule has 24 heavy (non-hydrogen) atoms. The number of hydrogen-bond donors (Lipinski definition) is 2. The maximum Gasteiger partial charge on any atom is 0.191 e. The molecule has 2 N–H and O–H groups in total. The van der Waals surface area contributed by atoms with E-state index in [0.717, 1.165) is 50.1 Å². The zero-order valence-corrected chi connectivity index (χ0v) is 18.2. The van der Waals surface area contributed by atoms with Crippen LogP contribution in [0.1, 0.15) is 29.7 Å². The third kappa shape index (κ3) is 6.12. The van der Waals surface area contributed by atoms with Gasteiger partial charge in [-0.05, 0) is 40.8 Å². The molecule has 0 bridgehead atoms. The summed E-state index contributed by atoms with van der Waals surface area (Å²) in [5.74, 6) is 0.855. The Hall–Kier alpha value is -0.450. The Balaban J connectivity index is 0.00000288. The van der Waals surface area contributed by atoms with E-state index in [0.29, 0.717) is 6.54 Å². The topological polar surface area (TPSA) is 61.8 Å². The summed E-state index contributed by atoms with van der Waals surface area (Å²) in [7, 11) is 4.30. The molecular weight excluding hydrogens is 437 g/mol. The lowest BCUT2D eigenvalue weighted by atomic mass is 9.88. The van der Waals surface area contributed by atoms with Crippen LogP contribution in [0, 0.1) is 6.92 Å². The SMILES string of the molecule is CCNC(=NCc1ncc(C)s1)NCC1(N(C)C)CCOCC1.I. The number of aliphatic imine (C=N–C) groups is 1. The maximum absolute atomic E-state index is 5.53.